The van der Waals surface area contributed by atoms with Gasteiger partial charge in [0.1, 0.15) is 6.04 Å². The summed E-state index contributed by atoms with van der Waals surface area (Å²) >= 11 is 1.67. The van der Waals surface area contributed by atoms with Gasteiger partial charge in [-0.2, -0.15) is 11.8 Å². The Bertz CT molecular complexity index is 3660. The molecule has 12 aliphatic carbocycles. The first-order valence-electron chi connectivity index (χ1n) is 43.3. The predicted molar refractivity (Wildman–Crippen MR) is 426 cm³/mol. The average Bonchev–Trinajstić information content (AvgIpc) is 1.68. The molecule has 600 valence electrons. The van der Waals surface area contributed by atoms with Crippen LogP contribution < -0.4 is 25.6 Å². The third-order valence-electron chi connectivity index (χ3n) is 36.0. The number of nitrogens with one attached hydrogen (secondary N) is 4. The molecule has 34 atom stereocenters. The minimum Gasteiger partial charge on any atom is -0.393 e. The molecule has 3 amide bonds. The van der Waals surface area contributed by atoms with Crippen LogP contribution in [-0.4, -0.2) is 144 Å². The van der Waals surface area contributed by atoms with E-state index in [1.807, 2.05) is 55.6 Å². The minimum atomic E-state index is -3.85. The average molecular weight is 1520 g/mol. The topological polar surface area (TPSA) is 258 Å². The van der Waals surface area contributed by atoms with E-state index in [9.17, 15) is 53.4 Å². The van der Waals surface area contributed by atoms with Crippen molar-refractivity contribution in [1.29, 1.82) is 0 Å². The highest BCUT2D eigenvalue weighted by Gasteiger charge is 2.70. The maximum atomic E-state index is 14.4. The van der Waals surface area contributed by atoms with Crippen LogP contribution in [-0.2, 0) is 24.4 Å². The molecule has 12 saturated carbocycles. The Morgan fingerprint density at radius 2 is 0.916 bits per heavy atom. The van der Waals surface area contributed by atoms with Crippen molar-refractivity contribution in [3.63, 3.8) is 0 Å². The number of hydrogen-bond donors (Lipinski definition) is 10. The second kappa shape index (κ2) is 30.6. The van der Waals surface area contributed by atoms with Gasteiger partial charge >= 0.3 is 0 Å². The van der Waals surface area contributed by atoms with Crippen LogP contribution in [0.5, 0.6) is 0 Å². The third-order valence-corrected chi connectivity index (χ3v) is 38.2. The highest BCUT2D eigenvalue weighted by atomic mass is 32.2. The molecule has 0 radical (unpaired) electrons. The number of anilines is 1. The summed E-state index contributed by atoms with van der Waals surface area (Å²) in [5, 5.41) is 86.0. The summed E-state index contributed by atoms with van der Waals surface area (Å²) in [7, 11) is 0.0759. The Kier molecular flexibility index (Phi) is 23.0. The Hall–Kier alpha value is -3.07. The van der Waals surface area contributed by atoms with Gasteiger partial charge < -0.3 is 51.5 Å². The van der Waals surface area contributed by atoms with Gasteiger partial charge in [0, 0.05) is 61.5 Å². The Balaban J connectivity index is 0.536. The summed E-state index contributed by atoms with van der Waals surface area (Å²) in [6.07, 6.45) is 21.6. The van der Waals surface area contributed by atoms with E-state index in [2.05, 4.69) is 89.9 Å². The molecule has 12 aliphatic rings. The van der Waals surface area contributed by atoms with E-state index in [4.69, 9.17) is 0 Å². The SMILES string of the molecule is CCC[C@@H](C)[C@H]1CC[C@H]2[C@@H]3[C@H](O)C[C@@H]4C[C@H](NC(=O)[C@@H](CCSC)NC(=O)CC[C@@H](C)[C@H]5CC[C@H]6[C@@H]7[C@H](O)C[C@@H]8C[C@H](NC(=O)CC[C@@H](C)[C@H]9CC[C@H]%10[C@@H]%11[C@H](O)C[C@@H]%12C[C@H](NS(=O)(=O)c%13cccc%14c(N(C)C)cccc%13%14)CC[C@]%12(C)[C@H]%11C[C@H](O)[C@]9%10C)CC[C@]8(C)[C@H]7C[C@H](O)[C@]56C)CC[C@]4(C)[C@H]3C[C@H](O)[C@]12C. The zero-order valence-corrected chi connectivity index (χ0v) is 69.3. The van der Waals surface area contributed by atoms with E-state index in [0.29, 0.717) is 87.3 Å². The number of carbonyl (C=O) groups is 3. The van der Waals surface area contributed by atoms with Gasteiger partial charge in [-0.05, 0) is 317 Å². The van der Waals surface area contributed by atoms with Crippen LogP contribution in [0.2, 0.25) is 0 Å². The van der Waals surface area contributed by atoms with Crippen LogP contribution in [0, 0.1) is 139 Å². The Labute approximate surface area is 647 Å². The molecule has 0 heterocycles. The van der Waals surface area contributed by atoms with Crippen LogP contribution in [0.4, 0.5) is 5.69 Å². The van der Waals surface area contributed by atoms with Crippen molar-refractivity contribution in [2.75, 3.05) is 31.0 Å². The molecule has 0 aliphatic heterocycles. The van der Waals surface area contributed by atoms with Crippen molar-refractivity contribution in [3.8, 4) is 0 Å². The summed E-state index contributed by atoms with van der Waals surface area (Å²) in [5.41, 5.74) is -0.223. The molecule has 14 rings (SSSR count). The molecule has 10 N–H and O–H groups in total. The maximum Gasteiger partial charge on any atom is 0.242 e. The van der Waals surface area contributed by atoms with Gasteiger partial charge in [-0.25, -0.2) is 13.1 Å². The van der Waals surface area contributed by atoms with Gasteiger partial charge in [-0.3, -0.25) is 14.4 Å². The number of rotatable bonds is 22. The van der Waals surface area contributed by atoms with Gasteiger partial charge in [-0.1, -0.05) is 106 Å². The fraction of sp³-hybridized carbons (Fsp3) is 0.854. The largest absolute Gasteiger partial charge is 0.393 e. The first-order chi connectivity index (χ1) is 50.7. The summed E-state index contributed by atoms with van der Waals surface area (Å²) < 4.78 is 31.6. The molecule has 16 nitrogen and oxygen atoms in total. The zero-order chi connectivity index (χ0) is 76.6. The van der Waals surface area contributed by atoms with Crippen molar-refractivity contribution < 1.29 is 53.4 Å². The number of thioether (sulfide) groups is 1. The van der Waals surface area contributed by atoms with Gasteiger partial charge in [-0.15, -0.1) is 0 Å². The third kappa shape index (κ3) is 13.8. The Morgan fingerprint density at radius 3 is 1.36 bits per heavy atom. The fourth-order valence-corrected chi connectivity index (χ4v) is 32.1. The van der Waals surface area contributed by atoms with Crippen LogP contribution >= 0.6 is 11.8 Å². The monoisotopic (exact) mass is 1520 g/mol. The number of sulfonamides is 1. The lowest BCUT2D eigenvalue weighted by atomic mass is 9.43. The molecule has 2 aromatic carbocycles. The molecule has 2 aromatic rings. The fourth-order valence-electron chi connectivity index (χ4n) is 30.2. The zero-order valence-electron chi connectivity index (χ0n) is 67.6. The lowest BCUT2D eigenvalue weighted by molar-refractivity contribution is -0.202. The number of aliphatic hydroxyl groups is 6. The van der Waals surface area contributed by atoms with Crippen LogP contribution in [0.15, 0.2) is 41.3 Å². The summed E-state index contributed by atoms with van der Waals surface area (Å²) in [6, 6.07) is 10.4. The standard InChI is InChI=1S/C89H141N5O11S2/c1-14-17-49(2)60-24-27-63-80-67(46-75(98)87(60,63)8)85(6)37-33-56(41-53(85)44-72(80)96)91-83(103)69(35-39-106-13)92-79(102)31-23-51(4)62-26-29-64-81-66(47-76(99)89(62,64)10)84(5)36-32-55(40-52(84)43-71(81)95)90-78(101)30-22-50(3)61-25-28-65-82-68(48-77(100)88(61,65)9)86(7)38-34-57(42-54(86)45-73(82)97)93-107(104,105)74-21-16-18-58-59(74)19-15-20-70(58)94(11)12/h15-16,18-21,49-57,60-69,71-73,75-77,80-82,93,95-100H,14,17,22-48H2,1-13H3,(H,90,101)(H,91,103)(H,92,102)/t49-,50-,51-,52+,53+,54+,55-,56-,57-,60-,61-,62-,63+,64+,65+,66+,67+,68+,69-,71-,72-,73-,75+,76+,77+,80+,81+,82+,84+,85+,86+,87-,88-,89-/m1/s1. The van der Waals surface area contributed by atoms with Crippen molar-refractivity contribution in [2.45, 2.75) is 315 Å². The summed E-state index contributed by atoms with van der Waals surface area (Å²) in [6.45, 7) is 23.3. The second-order valence-corrected chi connectivity index (χ2v) is 43.3. The summed E-state index contributed by atoms with van der Waals surface area (Å²) in [4.78, 5) is 45.0. The van der Waals surface area contributed by atoms with E-state index in [0.717, 1.165) is 126 Å². The number of hydrogen-bond acceptors (Lipinski definition) is 13. The molecule has 0 unspecified atom stereocenters. The van der Waals surface area contributed by atoms with Gasteiger partial charge in [0.15, 0.2) is 0 Å². The molecule has 0 spiro atoms. The van der Waals surface area contributed by atoms with E-state index in [-0.39, 0.29) is 157 Å². The maximum absolute atomic E-state index is 14.4. The van der Waals surface area contributed by atoms with E-state index in [1.54, 1.807) is 17.8 Å². The number of nitrogens with zero attached hydrogens (tertiary/aromatic N) is 1. The molecular formula is C89H141N5O11S2. The molecule has 18 heteroatoms. The van der Waals surface area contributed by atoms with Crippen molar-refractivity contribution in [1.82, 2.24) is 20.7 Å². The van der Waals surface area contributed by atoms with Crippen molar-refractivity contribution in [2.24, 2.45) is 139 Å². The van der Waals surface area contributed by atoms with Gasteiger partial charge in [0.2, 0.25) is 27.7 Å². The van der Waals surface area contributed by atoms with Gasteiger partial charge in [0.05, 0.1) is 41.5 Å². The molecule has 107 heavy (non-hydrogen) atoms. The lowest BCUT2D eigenvalue weighted by Gasteiger charge is -2.63. The van der Waals surface area contributed by atoms with E-state index in [1.165, 1.54) is 6.42 Å². The lowest BCUT2D eigenvalue weighted by Crippen LogP contribution is -2.63. The molecular weight excluding hydrogens is 1380 g/mol. The molecule has 0 saturated heterocycles. The number of aliphatic hydroxyl groups excluding tert-OH is 6. The smallest absolute Gasteiger partial charge is 0.242 e. The normalized spacial score (nSPS) is 45.9. The minimum absolute atomic E-state index is 0.0126. The number of benzene rings is 2. The summed E-state index contributed by atoms with van der Waals surface area (Å²) in [5.74, 6) is 4.44. The van der Waals surface area contributed by atoms with Crippen LogP contribution in [0.25, 0.3) is 10.8 Å². The van der Waals surface area contributed by atoms with Crippen molar-refractivity contribution >= 4 is 56.0 Å². The molecule has 12 fully saturated rings. The molecule has 0 aromatic heterocycles. The first-order valence-corrected chi connectivity index (χ1v) is 46.2. The highest BCUT2D eigenvalue weighted by Crippen LogP contribution is 2.72. The highest BCUT2D eigenvalue weighted by molar-refractivity contribution is 7.98. The molecule has 0 bridgehead atoms. The van der Waals surface area contributed by atoms with Gasteiger partial charge in [0.25, 0.3) is 0 Å². The Morgan fingerprint density at radius 1 is 0.505 bits per heavy atom. The van der Waals surface area contributed by atoms with Crippen LogP contribution in [0.3, 0.4) is 0 Å². The predicted octanol–water partition coefficient (Wildman–Crippen LogP) is 13.8. The van der Waals surface area contributed by atoms with E-state index >= 15 is 0 Å². The second-order valence-electron chi connectivity index (χ2n) is 40.6. The van der Waals surface area contributed by atoms with Crippen LogP contribution in [0.1, 0.15) is 249 Å². The quantitative estimate of drug-likeness (QED) is 0.0527. The first kappa shape index (κ1) is 80.5. The number of fused-ring (bicyclic) bond motifs is 16. The van der Waals surface area contributed by atoms with Crippen molar-refractivity contribution in [3.05, 3.63) is 36.4 Å². The number of amides is 3. The number of carbonyl (C=O) groups excluding carboxylic acids is 3. The van der Waals surface area contributed by atoms with E-state index < -0.39 is 57.4 Å².